The Bertz CT molecular complexity index is 421. The molecule has 1 aliphatic carbocycles. The number of likely N-dealkylation sites (N-methyl/N-ethyl adjacent to an activating group) is 1. The van der Waals surface area contributed by atoms with E-state index in [1.165, 1.54) is 19.3 Å². The molecule has 0 spiro atoms. The summed E-state index contributed by atoms with van der Waals surface area (Å²) in [6.07, 6.45) is 5.61. The van der Waals surface area contributed by atoms with Crippen LogP contribution in [-0.4, -0.2) is 29.3 Å². The second-order valence-corrected chi connectivity index (χ2v) is 6.08. The molecule has 120 valence electrons. The minimum atomic E-state index is -0.324. The zero-order chi connectivity index (χ0) is 15.3. The molecule has 0 aliphatic heterocycles. The molecule has 0 saturated heterocycles. The molecular weight excluding hydrogens is 266 g/mol. The number of aromatic nitrogens is 2. The third-order valence-corrected chi connectivity index (χ3v) is 4.60. The maximum atomic E-state index is 6.06. The van der Waals surface area contributed by atoms with Gasteiger partial charge in [0.1, 0.15) is 5.60 Å². The Labute approximate surface area is 127 Å². The summed E-state index contributed by atoms with van der Waals surface area (Å²) in [6, 6.07) is 0.317. The van der Waals surface area contributed by atoms with Crippen molar-refractivity contribution in [1.82, 2.24) is 15.5 Å². The largest absolute Gasteiger partial charge is 0.367 e. The molecule has 0 radical (unpaired) electrons. The van der Waals surface area contributed by atoms with Gasteiger partial charge in [0.2, 0.25) is 11.7 Å². The highest BCUT2D eigenvalue weighted by Gasteiger charge is 2.39. The van der Waals surface area contributed by atoms with Crippen LogP contribution in [0.25, 0.3) is 0 Å². The molecule has 1 N–H and O–H groups in total. The highest BCUT2D eigenvalue weighted by atomic mass is 16.5. The first-order valence-corrected chi connectivity index (χ1v) is 8.34. The van der Waals surface area contributed by atoms with Crippen molar-refractivity contribution in [3.8, 4) is 0 Å². The van der Waals surface area contributed by atoms with Gasteiger partial charge in [-0.3, -0.25) is 0 Å². The fourth-order valence-electron chi connectivity index (χ4n) is 3.15. The van der Waals surface area contributed by atoms with Crippen LogP contribution in [0, 0.1) is 0 Å². The lowest BCUT2D eigenvalue weighted by Gasteiger charge is -2.33. The number of hydrogen-bond acceptors (Lipinski definition) is 5. The lowest BCUT2D eigenvalue weighted by molar-refractivity contribution is -0.0777. The van der Waals surface area contributed by atoms with Crippen molar-refractivity contribution in [2.75, 3.05) is 13.2 Å². The fourth-order valence-corrected chi connectivity index (χ4v) is 3.15. The SMILES string of the molecule is CCNC(C)C(C)c1nc(C2(OCC)CCCCC2)no1. The van der Waals surface area contributed by atoms with Crippen LogP contribution in [0.2, 0.25) is 0 Å². The van der Waals surface area contributed by atoms with E-state index in [1.54, 1.807) is 0 Å². The summed E-state index contributed by atoms with van der Waals surface area (Å²) >= 11 is 0. The van der Waals surface area contributed by atoms with E-state index >= 15 is 0 Å². The van der Waals surface area contributed by atoms with E-state index < -0.39 is 0 Å². The molecule has 1 heterocycles. The third kappa shape index (κ3) is 3.64. The number of hydrogen-bond donors (Lipinski definition) is 1. The molecule has 1 fully saturated rings. The Morgan fingerprint density at radius 3 is 2.57 bits per heavy atom. The van der Waals surface area contributed by atoms with E-state index in [0.717, 1.165) is 25.2 Å². The Morgan fingerprint density at radius 2 is 1.95 bits per heavy atom. The lowest BCUT2D eigenvalue weighted by atomic mass is 9.84. The molecule has 2 atom stereocenters. The zero-order valence-corrected chi connectivity index (χ0v) is 13.8. The first-order valence-electron chi connectivity index (χ1n) is 8.34. The van der Waals surface area contributed by atoms with Crippen LogP contribution in [0.15, 0.2) is 4.52 Å². The van der Waals surface area contributed by atoms with Crippen molar-refractivity contribution in [3.63, 3.8) is 0 Å². The summed E-state index contributed by atoms with van der Waals surface area (Å²) < 4.78 is 11.6. The van der Waals surface area contributed by atoms with Gasteiger partial charge in [-0.1, -0.05) is 38.3 Å². The van der Waals surface area contributed by atoms with Gasteiger partial charge in [0, 0.05) is 12.6 Å². The van der Waals surface area contributed by atoms with Gasteiger partial charge < -0.3 is 14.6 Å². The average Bonchev–Trinajstić information content (AvgIpc) is 2.98. The molecule has 2 unspecified atom stereocenters. The summed E-state index contributed by atoms with van der Waals surface area (Å²) in [5, 5.41) is 7.66. The van der Waals surface area contributed by atoms with E-state index in [1.807, 2.05) is 6.92 Å². The predicted molar refractivity (Wildman–Crippen MR) is 82.2 cm³/mol. The van der Waals surface area contributed by atoms with E-state index in [4.69, 9.17) is 9.26 Å². The van der Waals surface area contributed by atoms with E-state index in [-0.39, 0.29) is 11.5 Å². The maximum absolute atomic E-state index is 6.06. The van der Waals surface area contributed by atoms with E-state index in [2.05, 4.69) is 36.2 Å². The first kappa shape index (κ1) is 16.4. The fraction of sp³-hybridized carbons (Fsp3) is 0.875. The monoisotopic (exact) mass is 295 g/mol. The van der Waals surface area contributed by atoms with Crippen molar-refractivity contribution < 1.29 is 9.26 Å². The van der Waals surface area contributed by atoms with Gasteiger partial charge in [-0.05, 0) is 33.2 Å². The van der Waals surface area contributed by atoms with Crippen LogP contribution in [0.5, 0.6) is 0 Å². The summed E-state index contributed by atoms with van der Waals surface area (Å²) in [7, 11) is 0. The Hall–Kier alpha value is -0.940. The summed E-state index contributed by atoms with van der Waals surface area (Å²) in [6.45, 7) is 10.0. The van der Waals surface area contributed by atoms with Gasteiger partial charge in [-0.25, -0.2) is 0 Å². The topological polar surface area (TPSA) is 60.2 Å². The average molecular weight is 295 g/mol. The third-order valence-electron chi connectivity index (χ3n) is 4.60. The van der Waals surface area contributed by atoms with E-state index in [0.29, 0.717) is 18.5 Å². The van der Waals surface area contributed by atoms with Crippen LogP contribution < -0.4 is 5.32 Å². The summed E-state index contributed by atoms with van der Waals surface area (Å²) in [5.41, 5.74) is -0.324. The van der Waals surface area contributed by atoms with E-state index in [9.17, 15) is 0 Å². The van der Waals surface area contributed by atoms with Crippen LogP contribution in [-0.2, 0) is 10.3 Å². The number of nitrogens with one attached hydrogen (secondary N) is 1. The molecule has 1 saturated carbocycles. The Balaban J connectivity index is 2.16. The molecule has 2 rings (SSSR count). The van der Waals surface area contributed by atoms with Crippen LogP contribution >= 0.6 is 0 Å². The summed E-state index contributed by atoms with van der Waals surface area (Å²) in [5.74, 6) is 1.66. The van der Waals surface area contributed by atoms with Crippen LogP contribution in [0.4, 0.5) is 0 Å². The van der Waals surface area contributed by atoms with Gasteiger partial charge in [0.05, 0.1) is 5.92 Å². The second-order valence-electron chi connectivity index (χ2n) is 6.08. The molecule has 0 amide bonds. The van der Waals surface area contributed by atoms with Gasteiger partial charge >= 0.3 is 0 Å². The van der Waals surface area contributed by atoms with Gasteiger partial charge in [-0.15, -0.1) is 0 Å². The number of nitrogens with zero attached hydrogens (tertiary/aromatic N) is 2. The van der Waals surface area contributed by atoms with Gasteiger partial charge in [0.25, 0.3) is 0 Å². The quantitative estimate of drug-likeness (QED) is 0.835. The molecule has 0 bridgehead atoms. The normalized spacial score (nSPS) is 21.1. The van der Waals surface area contributed by atoms with Crippen molar-refractivity contribution in [3.05, 3.63) is 11.7 Å². The molecule has 5 nitrogen and oxygen atoms in total. The van der Waals surface area contributed by atoms with Crippen molar-refractivity contribution in [2.24, 2.45) is 0 Å². The minimum Gasteiger partial charge on any atom is -0.367 e. The highest BCUT2D eigenvalue weighted by molar-refractivity contribution is 5.06. The van der Waals surface area contributed by atoms with Crippen molar-refractivity contribution >= 4 is 0 Å². The van der Waals surface area contributed by atoms with Crippen LogP contribution in [0.1, 0.15) is 77.4 Å². The lowest BCUT2D eigenvalue weighted by Crippen LogP contribution is -2.34. The molecule has 5 heteroatoms. The predicted octanol–water partition coefficient (Wildman–Crippen LogP) is 3.37. The molecule has 1 aliphatic rings. The molecular formula is C16H29N3O2. The zero-order valence-electron chi connectivity index (χ0n) is 13.8. The van der Waals surface area contributed by atoms with Crippen molar-refractivity contribution in [2.45, 2.75) is 77.4 Å². The minimum absolute atomic E-state index is 0.202. The molecule has 1 aromatic rings. The number of rotatable bonds is 7. The number of ether oxygens (including phenoxy) is 1. The first-order chi connectivity index (χ1) is 10.1. The molecule has 21 heavy (non-hydrogen) atoms. The van der Waals surface area contributed by atoms with Crippen LogP contribution in [0.3, 0.4) is 0 Å². The summed E-state index contributed by atoms with van der Waals surface area (Å²) in [4.78, 5) is 4.69. The molecule has 1 aromatic heterocycles. The Kier molecular flexibility index (Phi) is 5.76. The standard InChI is InChI=1S/C16H29N3O2/c1-5-17-13(4)12(3)14-18-15(19-21-14)16(20-6-2)10-8-7-9-11-16/h12-13,17H,5-11H2,1-4H3. The maximum Gasteiger partial charge on any atom is 0.231 e. The van der Waals surface area contributed by atoms with Crippen molar-refractivity contribution in [1.29, 1.82) is 0 Å². The Morgan fingerprint density at radius 1 is 1.24 bits per heavy atom. The van der Waals surface area contributed by atoms with Gasteiger partial charge in [0.15, 0.2) is 0 Å². The van der Waals surface area contributed by atoms with Gasteiger partial charge in [-0.2, -0.15) is 4.98 Å². The second kappa shape index (κ2) is 7.36. The molecule has 0 aromatic carbocycles. The smallest absolute Gasteiger partial charge is 0.231 e. The highest BCUT2D eigenvalue weighted by Crippen LogP contribution is 2.39.